The number of aromatic nitrogens is 1. The molecule has 0 aromatic carbocycles. The van der Waals surface area contributed by atoms with Crippen LogP contribution in [0.2, 0.25) is 0 Å². The highest BCUT2D eigenvalue weighted by Gasteiger charge is 2.68. The lowest BCUT2D eigenvalue weighted by Gasteiger charge is -2.70. The number of fused-ring (bicyclic) bond motifs is 7. The molecule has 1 aromatic rings. The molecule has 5 aliphatic rings. The molecule has 1 N–H and O–H groups in total. The number of Topliss-reactive ketones (excluding diaryl/α,β-unsaturated/α-hetero) is 1. The first kappa shape index (κ1) is 27.4. The maximum absolute atomic E-state index is 13.9. The summed E-state index contributed by atoms with van der Waals surface area (Å²) in [4.78, 5) is 30.7. The van der Waals surface area contributed by atoms with Gasteiger partial charge in [0.05, 0.1) is 5.92 Å². The normalized spacial score (nSPS) is 47.9. The van der Waals surface area contributed by atoms with Crippen LogP contribution >= 0.6 is 11.3 Å². The number of hydrogen-bond acceptors (Lipinski definition) is 4. The second-order valence-electron chi connectivity index (χ2n) is 15.3. The molecule has 1 heterocycles. The van der Waals surface area contributed by atoms with Gasteiger partial charge in [0.25, 0.3) is 0 Å². The van der Waals surface area contributed by atoms with Crippen molar-refractivity contribution in [3.63, 3.8) is 0 Å². The number of rotatable bonds is 2. The largest absolute Gasteiger partial charge is 0.481 e. The Bertz CT molecular complexity index is 1240. The molecule has 4 nitrogen and oxygen atoms in total. The highest BCUT2D eigenvalue weighted by Crippen LogP contribution is 2.74. The second kappa shape index (κ2) is 8.87. The minimum absolute atomic E-state index is 0.0322. The Kier molecular flexibility index (Phi) is 6.24. The molecule has 5 heteroatoms. The third-order valence-electron chi connectivity index (χ3n) is 13.6. The van der Waals surface area contributed by atoms with Gasteiger partial charge >= 0.3 is 5.97 Å². The van der Waals surface area contributed by atoms with Crippen LogP contribution in [0.3, 0.4) is 0 Å². The van der Waals surface area contributed by atoms with Crippen molar-refractivity contribution < 1.29 is 14.7 Å². The number of allylic oxidation sites excluding steroid dienone is 3. The monoisotopic (exact) mass is 549 g/mol. The highest BCUT2D eigenvalue weighted by molar-refractivity contribution is 7.10. The van der Waals surface area contributed by atoms with Crippen LogP contribution in [0.4, 0.5) is 0 Å². The maximum Gasteiger partial charge on any atom is 0.306 e. The number of nitrogens with zero attached hydrogens (tertiary/aromatic N) is 1. The van der Waals surface area contributed by atoms with Crippen LogP contribution in [0.5, 0.6) is 0 Å². The average Bonchev–Trinajstić information content (AvgIpc) is 3.37. The zero-order chi connectivity index (χ0) is 28.1. The molecular weight excluding hydrogens is 502 g/mol. The van der Waals surface area contributed by atoms with E-state index in [4.69, 9.17) is 0 Å². The molecule has 0 amide bonds. The Balaban J connectivity index is 1.43. The Morgan fingerprint density at radius 3 is 2.51 bits per heavy atom. The smallest absolute Gasteiger partial charge is 0.306 e. The van der Waals surface area contributed by atoms with Gasteiger partial charge in [0.15, 0.2) is 5.78 Å². The summed E-state index contributed by atoms with van der Waals surface area (Å²) in [5, 5.41) is 13.1. The van der Waals surface area contributed by atoms with Gasteiger partial charge in [0, 0.05) is 17.0 Å². The second-order valence-corrected chi connectivity index (χ2v) is 16.2. The topological polar surface area (TPSA) is 67.3 Å². The molecule has 4 saturated carbocycles. The number of hydrogen-bond donors (Lipinski definition) is 1. The van der Waals surface area contributed by atoms with Crippen LogP contribution in [-0.2, 0) is 9.59 Å². The summed E-state index contributed by atoms with van der Waals surface area (Å²) in [6.07, 6.45) is 13.5. The summed E-state index contributed by atoms with van der Waals surface area (Å²) in [5.74, 6) is 1.95. The third kappa shape index (κ3) is 3.63. The minimum atomic E-state index is -0.588. The van der Waals surface area contributed by atoms with E-state index in [1.165, 1.54) is 0 Å². The molecule has 4 unspecified atom stereocenters. The van der Waals surface area contributed by atoms with Crippen LogP contribution in [0.15, 0.2) is 28.8 Å². The fraction of sp³-hybridized carbons (Fsp3) is 0.735. The first-order valence-corrected chi connectivity index (χ1v) is 16.2. The van der Waals surface area contributed by atoms with E-state index in [-0.39, 0.29) is 33.5 Å². The molecule has 0 radical (unpaired) electrons. The first-order chi connectivity index (χ1) is 18.3. The summed E-state index contributed by atoms with van der Waals surface area (Å²) in [6, 6.07) is 0. The SMILES string of the molecule is C[C@@H]1C[C@@H](C(=O)O)C2CC[C@]3(C)C(=CCC4[C@@]5(C)C/C(=C/c6nccs6)C(=O)C(C)(C)C5CC[C@]43C)C2[C@H]1C. The van der Waals surface area contributed by atoms with Crippen molar-refractivity contribution in [1.29, 1.82) is 0 Å². The molecule has 10 atom stereocenters. The van der Waals surface area contributed by atoms with Crippen LogP contribution < -0.4 is 0 Å². The van der Waals surface area contributed by atoms with Gasteiger partial charge in [0.2, 0.25) is 0 Å². The Morgan fingerprint density at radius 1 is 1.10 bits per heavy atom. The van der Waals surface area contributed by atoms with Crippen molar-refractivity contribution in [1.82, 2.24) is 4.98 Å². The molecule has 212 valence electrons. The molecule has 0 saturated heterocycles. The summed E-state index contributed by atoms with van der Waals surface area (Å²) in [6.45, 7) is 16.7. The van der Waals surface area contributed by atoms with Gasteiger partial charge in [-0.2, -0.15) is 0 Å². The van der Waals surface area contributed by atoms with Gasteiger partial charge in [-0.15, -0.1) is 11.3 Å². The number of carbonyl (C=O) groups excluding carboxylic acids is 1. The maximum atomic E-state index is 13.9. The molecule has 4 fully saturated rings. The van der Waals surface area contributed by atoms with E-state index >= 15 is 0 Å². The Hall–Kier alpha value is -1.75. The lowest BCUT2D eigenvalue weighted by Crippen LogP contribution is -2.64. The van der Waals surface area contributed by atoms with E-state index in [1.807, 2.05) is 11.6 Å². The van der Waals surface area contributed by atoms with Crippen molar-refractivity contribution >= 4 is 29.2 Å². The standard InChI is InChI=1S/C34H47NO3S/c1-19-16-23(30(37)38)22-10-12-33(6)24(28(22)20(19)2)8-9-26-32(5)18-21(17-27-35-14-15-39-27)29(36)31(3,4)25(32)11-13-34(26,33)7/h8,14-15,17,19-20,22-23,25-26,28H,9-13,16,18H2,1-7H3,(H,37,38)/b21-17-/t19-,20+,22?,23-,25?,26?,28?,32+,33-,34-/m1/s1. The predicted molar refractivity (Wildman–Crippen MR) is 157 cm³/mol. The van der Waals surface area contributed by atoms with Crippen molar-refractivity contribution in [3.05, 3.63) is 33.8 Å². The van der Waals surface area contributed by atoms with Crippen LogP contribution in [-0.4, -0.2) is 21.8 Å². The molecular formula is C34H47NO3S. The van der Waals surface area contributed by atoms with Crippen molar-refractivity contribution in [3.8, 4) is 0 Å². The van der Waals surface area contributed by atoms with E-state index in [0.717, 1.165) is 55.5 Å². The van der Waals surface area contributed by atoms with E-state index in [0.29, 0.717) is 35.4 Å². The summed E-state index contributed by atoms with van der Waals surface area (Å²) >= 11 is 1.61. The average molecular weight is 550 g/mol. The summed E-state index contributed by atoms with van der Waals surface area (Å²) in [7, 11) is 0. The third-order valence-corrected chi connectivity index (χ3v) is 14.3. The summed E-state index contributed by atoms with van der Waals surface area (Å²) < 4.78 is 0. The van der Waals surface area contributed by atoms with Crippen molar-refractivity contribution in [2.45, 2.75) is 93.4 Å². The van der Waals surface area contributed by atoms with Gasteiger partial charge in [0.1, 0.15) is 5.01 Å². The van der Waals surface area contributed by atoms with Gasteiger partial charge in [-0.1, -0.05) is 60.1 Å². The fourth-order valence-electron chi connectivity index (χ4n) is 11.3. The molecule has 0 bridgehead atoms. The highest BCUT2D eigenvalue weighted by atomic mass is 32.1. The van der Waals surface area contributed by atoms with Gasteiger partial charge in [-0.25, -0.2) is 4.98 Å². The molecule has 0 aliphatic heterocycles. The summed E-state index contributed by atoms with van der Waals surface area (Å²) in [5.41, 5.74) is 2.40. The molecule has 1 aromatic heterocycles. The predicted octanol–water partition coefficient (Wildman–Crippen LogP) is 8.30. The molecule has 0 spiro atoms. The van der Waals surface area contributed by atoms with Gasteiger partial charge in [-0.3, -0.25) is 9.59 Å². The van der Waals surface area contributed by atoms with E-state index in [9.17, 15) is 14.7 Å². The van der Waals surface area contributed by atoms with E-state index in [1.54, 1.807) is 16.9 Å². The van der Waals surface area contributed by atoms with Crippen molar-refractivity contribution in [2.24, 2.45) is 63.1 Å². The van der Waals surface area contributed by atoms with Gasteiger partial charge in [-0.05, 0) is 108 Å². The quantitative estimate of drug-likeness (QED) is 0.298. The molecule has 6 rings (SSSR count). The zero-order valence-corrected chi connectivity index (χ0v) is 25.7. The molecule has 5 aliphatic carbocycles. The first-order valence-electron chi connectivity index (χ1n) is 15.3. The zero-order valence-electron chi connectivity index (χ0n) is 24.9. The lowest BCUT2D eigenvalue weighted by molar-refractivity contribution is -0.177. The Labute approximate surface area is 238 Å². The molecule has 39 heavy (non-hydrogen) atoms. The number of carbonyl (C=O) groups is 2. The van der Waals surface area contributed by atoms with Crippen LogP contribution in [0.1, 0.15) is 98.4 Å². The number of ketones is 1. The Morgan fingerprint density at radius 2 is 1.85 bits per heavy atom. The van der Waals surface area contributed by atoms with E-state index < -0.39 is 5.97 Å². The number of thiazole rings is 1. The van der Waals surface area contributed by atoms with Crippen molar-refractivity contribution in [2.75, 3.05) is 0 Å². The van der Waals surface area contributed by atoms with Crippen LogP contribution in [0, 0.1) is 63.1 Å². The van der Waals surface area contributed by atoms with E-state index in [2.05, 4.69) is 65.6 Å². The fourth-order valence-corrected chi connectivity index (χ4v) is 11.9. The number of carboxylic acid groups (broad SMARTS) is 1. The van der Waals surface area contributed by atoms with Gasteiger partial charge < -0.3 is 5.11 Å². The number of aliphatic carboxylic acids is 1. The lowest BCUT2D eigenvalue weighted by atomic mass is 9.34. The number of carboxylic acids is 1. The minimum Gasteiger partial charge on any atom is -0.481 e. The van der Waals surface area contributed by atoms with Crippen LogP contribution in [0.25, 0.3) is 6.08 Å².